The van der Waals surface area contributed by atoms with E-state index in [2.05, 4.69) is 15.3 Å². The van der Waals surface area contributed by atoms with E-state index in [1.165, 1.54) is 18.4 Å². The van der Waals surface area contributed by atoms with Gasteiger partial charge in [0.05, 0.1) is 16.7 Å². The van der Waals surface area contributed by atoms with Crippen LogP contribution in [-0.4, -0.2) is 15.9 Å². The number of amides is 1. The number of benzene rings is 1. The van der Waals surface area contributed by atoms with E-state index in [9.17, 15) is 9.18 Å². The Morgan fingerprint density at radius 3 is 2.81 bits per heavy atom. The first-order valence-electron chi connectivity index (χ1n) is 8.00. The smallest absolute Gasteiger partial charge is 0.273 e. The number of oxazole rings is 1. The molecule has 0 aliphatic carbocycles. The number of halogens is 1. The Morgan fingerprint density at radius 2 is 2.12 bits per heavy atom. The number of nitrogens with one attached hydrogen (secondary N) is 1. The van der Waals surface area contributed by atoms with E-state index < -0.39 is 5.82 Å². The van der Waals surface area contributed by atoms with E-state index in [4.69, 9.17) is 9.15 Å². The molecular weight excluding hydrogens is 357 g/mol. The number of carbonyl (C=O) groups excluding carboxylic acids is 1. The van der Waals surface area contributed by atoms with Crippen LogP contribution in [0.1, 0.15) is 44.9 Å². The van der Waals surface area contributed by atoms with Crippen molar-refractivity contribution in [2.75, 3.05) is 0 Å². The molecular formula is C18H18FN3O3S. The fourth-order valence-corrected chi connectivity index (χ4v) is 3.38. The van der Waals surface area contributed by atoms with Gasteiger partial charge in [0.15, 0.2) is 23.9 Å². The molecule has 3 rings (SSSR count). The van der Waals surface area contributed by atoms with Gasteiger partial charge in [-0.05, 0) is 32.9 Å². The molecule has 136 valence electrons. The van der Waals surface area contributed by atoms with Gasteiger partial charge in [-0.3, -0.25) is 4.79 Å². The molecule has 0 saturated carbocycles. The van der Waals surface area contributed by atoms with Gasteiger partial charge in [-0.15, -0.1) is 11.3 Å². The highest BCUT2D eigenvalue weighted by molar-refractivity contribution is 7.11. The maximum absolute atomic E-state index is 13.5. The number of hydrogen-bond donors (Lipinski definition) is 1. The van der Waals surface area contributed by atoms with Crippen molar-refractivity contribution in [3.63, 3.8) is 0 Å². The van der Waals surface area contributed by atoms with Gasteiger partial charge in [-0.25, -0.2) is 14.4 Å². The van der Waals surface area contributed by atoms with Crippen molar-refractivity contribution in [1.29, 1.82) is 0 Å². The molecule has 0 spiro atoms. The van der Waals surface area contributed by atoms with Gasteiger partial charge in [0.25, 0.3) is 5.91 Å². The highest BCUT2D eigenvalue weighted by Gasteiger charge is 2.19. The molecule has 0 fully saturated rings. The summed E-state index contributed by atoms with van der Waals surface area (Å²) < 4.78 is 24.1. The molecule has 1 aromatic carbocycles. The van der Waals surface area contributed by atoms with E-state index in [1.54, 1.807) is 23.5 Å². The Kier molecular flexibility index (Phi) is 5.32. The first-order valence-corrected chi connectivity index (χ1v) is 8.82. The van der Waals surface area contributed by atoms with Crippen LogP contribution in [0, 0.1) is 19.7 Å². The SMILES string of the molecule is Cc1nc([C@H](C)NC(=O)c2coc(COc3ccccc3F)n2)c(C)s1. The van der Waals surface area contributed by atoms with Gasteiger partial charge in [0.2, 0.25) is 5.89 Å². The van der Waals surface area contributed by atoms with Gasteiger partial charge < -0.3 is 14.5 Å². The summed E-state index contributed by atoms with van der Waals surface area (Å²) in [5, 5.41) is 3.80. The Balaban J connectivity index is 1.61. The first-order chi connectivity index (χ1) is 12.4. The number of rotatable bonds is 6. The minimum absolute atomic E-state index is 0.0752. The monoisotopic (exact) mass is 375 g/mol. The molecule has 0 unspecified atom stereocenters. The van der Waals surface area contributed by atoms with Crippen molar-refractivity contribution in [3.05, 3.63) is 63.5 Å². The third-order valence-electron chi connectivity index (χ3n) is 3.67. The Bertz CT molecular complexity index is 922. The fraction of sp³-hybridized carbons (Fsp3) is 0.278. The Labute approximate surface area is 154 Å². The van der Waals surface area contributed by atoms with Crippen LogP contribution in [0.5, 0.6) is 5.75 Å². The average Bonchev–Trinajstić information content (AvgIpc) is 3.20. The van der Waals surface area contributed by atoms with E-state index >= 15 is 0 Å². The third-order valence-corrected chi connectivity index (χ3v) is 4.57. The summed E-state index contributed by atoms with van der Waals surface area (Å²) >= 11 is 1.59. The standard InChI is InChI=1S/C18H18FN3O3S/c1-10(17-11(2)26-12(3)21-17)20-18(23)14-8-25-16(22-14)9-24-15-7-5-4-6-13(15)19/h4-8,10H,9H2,1-3H3,(H,20,23)/t10-/m0/s1. The number of carbonyl (C=O) groups is 1. The van der Waals surface area contributed by atoms with Gasteiger partial charge in [-0.2, -0.15) is 0 Å². The molecule has 2 aromatic heterocycles. The normalized spacial score (nSPS) is 12.0. The number of nitrogens with zero attached hydrogens (tertiary/aromatic N) is 2. The van der Waals surface area contributed by atoms with E-state index in [1.807, 2.05) is 20.8 Å². The molecule has 8 heteroatoms. The Hall–Kier alpha value is -2.74. The largest absolute Gasteiger partial charge is 0.481 e. The van der Waals surface area contributed by atoms with Crippen LogP contribution in [0.25, 0.3) is 0 Å². The third kappa shape index (κ3) is 4.08. The van der Waals surface area contributed by atoms with E-state index in [0.717, 1.165) is 15.6 Å². The highest BCUT2D eigenvalue weighted by atomic mass is 32.1. The van der Waals surface area contributed by atoms with Crippen LogP contribution >= 0.6 is 11.3 Å². The van der Waals surface area contributed by atoms with Crippen LogP contribution < -0.4 is 10.1 Å². The van der Waals surface area contributed by atoms with Crippen molar-refractivity contribution >= 4 is 17.2 Å². The van der Waals surface area contributed by atoms with Crippen LogP contribution in [0.15, 0.2) is 34.9 Å². The molecule has 1 N–H and O–H groups in total. The van der Waals surface area contributed by atoms with E-state index in [0.29, 0.717) is 0 Å². The summed E-state index contributed by atoms with van der Waals surface area (Å²) in [6.45, 7) is 5.68. The average molecular weight is 375 g/mol. The van der Waals surface area contributed by atoms with Gasteiger partial charge in [0, 0.05) is 4.88 Å². The maximum Gasteiger partial charge on any atom is 0.273 e. The zero-order valence-electron chi connectivity index (χ0n) is 14.6. The predicted octanol–water partition coefficient (Wildman–Crippen LogP) is 3.96. The lowest BCUT2D eigenvalue weighted by Crippen LogP contribution is -2.27. The lowest BCUT2D eigenvalue weighted by Gasteiger charge is -2.11. The van der Waals surface area contributed by atoms with Crippen molar-refractivity contribution in [2.45, 2.75) is 33.4 Å². The molecule has 26 heavy (non-hydrogen) atoms. The van der Waals surface area contributed by atoms with Gasteiger partial charge in [0.1, 0.15) is 6.26 Å². The second kappa shape index (κ2) is 7.65. The van der Waals surface area contributed by atoms with Crippen molar-refractivity contribution in [1.82, 2.24) is 15.3 Å². The minimum Gasteiger partial charge on any atom is -0.481 e. The van der Waals surface area contributed by atoms with Crippen molar-refractivity contribution < 1.29 is 18.3 Å². The quantitative estimate of drug-likeness (QED) is 0.706. The van der Waals surface area contributed by atoms with Crippen LogP contribution in [0.2, 0.25) is 0 Å². The van der Waals surface area contributed by atoms with Crippen LogP contribution in [0.4, 0.5) is 4.39 Å². The number of thiazole rings is 1. The van der Waals surface area contributed by atoms with E-state index in [-0.39, 0.29) is 35.9 Å². The fourth-order valence-electron chi connectivity index (χ4n) is 2.47. The number of hydrogen-bond acceptors (Lipinski definition) is 6. The molecule has 0 bridgehead atoms. The van der Waals surface area contributed by atoms with Crippen LogP contribution in [0.3, 0.4) is 0 Å². The van der Waals surface area contributed by atoms with Crippen LogP contribution in [-0.2, 0) is 6.61 Å². The molecule has 1 atom stereocenters. The molecule has 0 aliphatic heterocycles. The highest BCUT2D eigenvalue weighted by Crippen LogP contribution is 2.23. The lowest BCUT2D eigenvalue weighted by molar-refractivity contribution is 0.0934. The molecule has 0 radical (unpaired) electrons. The zero-order chi connectivity index (χ0) is 18.7. The number of aromatic nitrogens is 2. The molecule has 0 aliphatic rings. The summed E-state index contributed by atoms with van der Waals surface area (Å²) in [5.74, 6) is -0.561. The summed E-state index contributed by atoms with van der Waals surface area (Å²) in [7, 11) is 0. The topological polar surface area (TPSA) is 77.2 Å². The zero-order valence-corrected chi connectivity index (χ0v) is 15.4. The number of aryl methyl sites for hydroxylation is 2. The number of para-hydroxylation sites is 1. The number of ether oxygens (including phenoxy) is 1. The summed E-state index contributed by atoms with van der Waals surface area (Å²) in [5.41, 5.74) is 0.973. The predicted molar refractivity (Wildman–Crippen MR) is 94.7 cm³/mol. The minimum atomic E-state index is -0.472. The molecule has 0 saturated heterocycles. The second-order valence-corrected chi connectivity index (χ2v) is 7.12. The second-order valence-electron chi connectivity index (χ2n) is 5.72. The lowest BCUT2D eigenvalue weighted by atomic mass is 10.2. The molecule has 6 nitrogen and oxygen atoms in total. The van der Waals surface area contributed by atoms with Crippen molar-refractivity contribution in [3.8, 4) is 5.75 Å². The Morgan fingerprint density at radius 1 is 1.35 bits per heavy atom. The summed E-state index contributed by atoms with van der Waals surface area (Å²) in [6, 6.07) is 5.79. The molecule has 2 heterocycles. The molecule has 3 aromatic rings. The van der Waals surface area contributed by atoms with Gasteiger partial charge >= 0.3 is 0 Å². The first kappa shape index (κ1) is 18.1. The molecule has 1 amide bonds. The summed E-state index contributed by atoms with van der Waals surface area (Å²) in [6.07, 6.45) is 1.25. The summed E-state index contributed by atoms with van der Waals surface area (Å²) in [4.78, 5) is 21.9. The maximum atomic E-state index is 13.5. The van der Waals surface area contributed by atoms with Crippen molar-refractivity contribution in [2.24, 2.45) is 0 Å². The van der Waals surface area contributed by atoms with Gasteiger partial charge in [-0.1, -0.05) is 12.1 Å².